The predicted molar refractivity (Wildman–Crippen MR) is 67.3 cm³/mol. The second-order valence-electron chi connectivity index (χ2n) is 4.13. The van der Waals surface area contributed by atoms with E-state index in [1.54, 1.807) is 0 Å². The molecule has 0 spiro atoms. The molecule has 0 aromatic heterocycles. The molecule has 1 atom stereocenters. The Balaban J connectivity index is 3.49. The molecule has 0 bridgehead atoms. The normalized spacial score (nSPS) is 13.0. The first kappa shape index (κ1) is 14.9. The van der Waals surface area contributed by atoms with Gasteiger partial charge in [0.15, 0.2) is 0 Å². The Kier molecular flexibility index (Phi) is 11.9. The fraction of sp³-hybridized carbons (Fsp3) is 1.00. The summed E-state index contributed by atoms with van der Waals surface area (Å²) in [5, 5.41) is 3.63. The Morgan fingerprint density at radius 2 is 1.73 bits per heavy atom. The van der Waals surface area contributed by atoms with Crippen molar-refractivity contribution in [1.82, 2.24) is 5.32 Å². The SMILES string of the molecule is CCCCC(CCCOCC)NCCC. The zero-order valence-electron chi connectivity index (χ0n) is 10.8. The van der Waals surface area contributed by atoms with Crippen molar-refractivity contribution in [2.45, 2.75) is 65.3 Å². The van der Waals surface area contributed by atoms with Crippen LogP contribution in [0.15, 0.2) is 0 Å². The van der Waals surface area contributed by atoms with Gasteiger partial charge in [-0.1, -0.05) is 26.7 Å². The van der Waals surface area contributed by atoms with Crippen LogP contribution in [-0.4, -0.2) is 25.8 Å². The summed E-state index contributed by atoms with van der Waals surface area (Å²) in [5.74, 6) is 0. The first-order valence-electron chi connectivity index (χ1n) is 6.66. The van der Waals surface area contributed by atoms with Crippen LogP contribution in [0.2, 0.25) is 0 Å². The lowest BCUT2D eigenvalue weighted by molar-refractivity contribution is 0.140. The molecular weight excluding hydrogens is 186 g/mol. The minimum absolute atomic E-state index is 0.713. The van der Waals surface area contributed by atoms with Gasteiger partial charge in [-0.25, -0.2) is 0 Å². The van der Waals surface area contributed by atoms with Crippen molar-refractivity contribution in [1.29, 1.82) is 0 Å². The van der Waals surface area contributed by atoms with Crippen molar-refractivity contribution in [3.05, 3.63) is 0 Å². The van der Waals surface area contributed by atoms with Gasteiger partial charge < -0.3 is 10.1 Å². The summed E-state index contributed by atoms with van der Waals surface area (Å²) < 4.78 is 5.37. The minimum atomic E-state index is 0.713. The van der Waals surface area contributed by atoms with Crippen LogP contribution in [0.3, 0.4) is 0 Å². The molecule has 2 nitrogen and oxygen atoms in total. The average Bonchev–Trinajstić information content (AvgIpc) is 2.27. The van der Waals surface area contributed by atoms with Gasteiger partial charge in [0.1, 0.15) is 0 Å². The molecule has 0 amide bonds. The van der Waals surface area contributed by atoms with E-state index in [1.165, 1.54) is 38.5 Å². The molecule has 92 valence electrons. The van der Waals surface area contributed by atoms with E-state index in [4.69, 9.17) is 4.74 Å². The van der Waals surface area contributed by atoms with E-state index < -0.39 is 0 Å². The molecule has 0 aromatic carbocycles. The van der Waals surface area contributed by atoms with E-state index in [0.717, 1.165) is 19.8 Å². The number of nitrogens with one attached hydrogen (secondary N) is 1. The second kappa shape index (κ2) is 12.0. The summed E-state index contributed by atoms with van der Waals surface area (Å²) in [5.41, 5.74) is 0. The summed E-state index contributed by atoms with van der Waals surface area (Å²) in [6.07, 6.45) is 7.65. The van der Waals surface area contributed by atoms with Gasteiger partial charge in [-0.15, -0.1) is 0 Å². The van der Waals surface area contributed by atoms with Crippen LogP contribution in [-0.2, 0) is 4.74 Å². The lowest BCUT2D eigenvalue weighted by Gasteiger charge is -2.18. The smallest absolute Gasteiger partial charge is 0.0466 e. The van der Waals surface area contributed by atoms with Gasteiger partial charge >= 0.3 is 0 Å². The van der Waals surface area contributed by atoms with E-state index >= 15 is 0 Å². The third kappa shape index (κ3) is 10.2. The molecule has 0 rings (SSSR count). The second-order valence-corrected chi connectivity index (χ2v) is 4.13. The molecule has 0 aliphatic rings. The molecule has 0 aromatic rings. The Hall–Kier alpha value is -0.0800. The quantitative estimate of drug-likeness (QED) is 0.534. The highest BCUT2D eigenvalue weighted by atomic mass is 16.5. The van der Waals surface area contributed by atoms with Crippen molar-refractivity contribution in [3.8, 4) is 0 Å². The number of hydrogen-bond acceptors (Lipinski definition) is 2. The Labute approximate surface area is 95.8 Å². The van der Waals surface area contributed by atoms with E-state index in [1.807, 2.05) is 0 Å². The lowest BCUT2D eigenvalue weighted by Crippen LogP contribution is -2.30. The highest BCUT2D eigenvalue weighted by Crippen LogP contribution is 2.07. The van der Waals surface area contributed by atoms with Gasteiger partial charge in [0.2, 0.25) is 0 Å². The molecule has 2 heteroatoms. The van der Waals surface area contributed by atoms with E-state index in [9.17, 15) is 0 Å². The van der Waals surface area contributed by atoms with Crippen LogP contribution in [0.4, 0.5) is 0 Å². The molecule has 1 unspecified atom stereocenters. The van der Waals surface area contributed by atoms with Crippen LogP contribution in [0, 0.1) is 0 Å². The fourth-order valence-electron chi connectivity index (χ4n) is 1.72. The number of unbranched alkanes of at least 4 members (excludes halogenated alkanes) is 1. The van der Waals surface area contributed by atoms with Crippen molar-refractivity contribution >= 4 is 0 Å². The molecule has 0 aliphatic heterocycles. The average molecular weight is 215 g/mol. The van der Waals surface area contributed by atoms with Crippen LogP contribution in [0.5, 0.6) is 0 Å². The van der Waals surface area contributed by atoms with Crippen molar-refractivity contribution < 1.29 is 4.74 Å². The maximum Gasteiger partial charge on any atom is 0.0466 e. The summed E-state index contributed by atoms with van der Waals surface area (Å²) in [4.78, 5) is 0. The monoisotopic (exact) mass is 215 g/mol. The Morgan fingerprint density at radius 1 is 1.00 bits per heavy atom. The highest BCUT2D eigenvalue weighted by Gasteiger charge is 2.06. The first-order valence-corrected chi connectivity index (χ1v) is 6.66. The molecule has 0 heterocycles. The Morgan fingerprint density at radius 3 is 2.33 bits per heavy atom. The molecule has 0 aliphatic carbocycles. The van der Waals surface area contributed by atoms with Gasteiger partial charge in [-0.3, -0.25) is 0 Å². The van der Waals surface area contributed by atoms with Crippen molar-refractivity contribution in [2.24, 2.45) is 0 Å². The number of rotatable bonds is 11. The topological polar surface area (TPSA) is 21.3 Å². The summed E-state index contributed by atoms with van der Waals surface area (Å²) in [6.45, 7) is 9.48. The molecular formula is C13H29NO. The molecule has 0 saturated carbocycles. The number of hydrogen-bond donors (Lipinski definition) is 1. The highest BCUT2D eigenvalue weighted by molar-refractivity contribution is 4.66. The zero-order valence-corrected chi connectivity index (χ0v) is 10.8. The maximum absolute atomic E-state index is 5.37. The molecule has 0 saturated heterocycles. The lowest BCUT2D eigenvalue weighted by atomic mass is 10.0. The van der Waals surface area contributed by atoms with Gasteiger partial charge in [-0.05, 0) is 39.2 Å². The van der Waals surface area contributed by atoms with Gasteiger partial charge in [-0.2, -0.15) is 0 Å². The molecule has 0 fully saturated rings. The number of ether oxygens (including phenoxy) is 1. The summed E-state index contributed by atoms with van der Waals surface area (Å²) >= 11 is 0. The van der Waals surface area contributed by atoms with Crippen LogP contribution in [0.1, 0.15) is 59.3 Å². The van der Waals surface area contributed by atoms with E-state index in [2.05, 4.69) is 26.1 Å². The first-order chi connectivity index (χ1) is 7.35. The standard InChI is InChI=1S/C13H29NO/c1-4-7-9-13(14-11-5-2)10-8-12-15-6-3/h13-14H,4-12H2,1-3H3. The van der Waals surface area contributed by atoms with E-state index in [0.29, 0.717) is 6.04 Å². The van der Waals surface area contributed by atoms with Crippen molar-refractivity contribution in [2.75, 3.05) is 19.8 Å². The molecule has 1 N–H and O–H groups in total. The third-order valence-electron chi connectivity index (χ3n) is 2.63. The fourth-order valence-corrected chi connectivity index (χ4v) is 1.72. The maximum atomic E-state index is 5.37. The van der Waals surface area contributed by atoms with Gasteiger partial charge in [0, 0.05) is 19.3 Å². The summed E-state index contributed by atoms with van der Waals surface area (Å²) in [6, 6.07) is 0.713. The van der Waals surface area contributed by atoms with Crippen molar-refractivity contribution in [3.63, 3.8) is 0 Å². The zero-order chi connectivity index (χ0) is 11.4. The van der Waals surface area contributed by atoms with Crippen LogP contribution in [0.25, 0.3) is 0 Å². The molecule has 0 radical (unpaired) electrons. The van der Waals surface area contributed by atoms with E-state index in [-0.39, 0.29) is 0 Å². The van der Waals surface area contributed by atoms with Crippen LogP contribution >= 0.6 is 0 Å². The predicted octanol–water partition coefficient (Wildman–Crippen LogP) is 3.36. The van der Waals surface area contributed by atoms with Crippen LogP contribution < -0.4 is 5.32 Å². The molecule has 15 heavy (non-hydrogen) atoms. The largest absolute Gasteiger partial charge is 0.382 e. The Bertz CT molecular complexity index is 109. The third-order valence-corrected chi connectivity index (χ3v) is 2.63. The minimum Gasteiger partial charge on any atom is -0.382 e. The van der Waals surface area contributed by atoms with Gasteiger partial charge in [0.05, 0.1) is 0 Å². The van der Waals surface area contributed by atoms with Gasteiger partial charge in [0.25, 0.3) is 0 Å². The summed E-state index contributed by atoms with van der Waals surface area (Å²) in [7, 11) is 0.